The molecule has 0 radical (unpaired) electrons. The summed E-state index contributed by atoms with van der Waals surface area (Å²) in [5.41, 5.74) is -0.746. The Bertz CT molecular complexity index is 1400. The van der Waals surface area contributed by atoms with Crippen molar-refractivity contribution < 1.29 is 14.0 Å². The van der Waals surface area contributed by atoms with E-state index in [4.69, 9.17) is 0 Å². The van der Waals surface area contributed by atoms with Crippen molar-refractivity contribution in [1.29, 1.82) is 0 Å². The summed E-state index contributed by atoms with van der Waals surface area (Å²) < 4.78 is 14.2. The fourth-order valence-electron chi connectivity index (χ4n) is 4.88. The lowest BCUT2D eigenvalue weighted by atomic mass is 9.84. The predicted octanol–water partition coefficient (Wildman–Crippen LogP) is 3.27. The Balaban J connectivity index is 1.50. The standard InChI is InChI=1S/C26H28FN5O4/c27-17-7-11-22(28-14-17)31-24(34)21(12-15-4-2-1-3-5-15)32-25(35)19-10-6-16(13-20(19)30-26(32)36)23(33)29-18-8-9-18/h6-7,10-11,13-15,18,21H,1-5,8-9,12H2,(H,29,33)(H,30,36)(H,28,31,34). The number of carbonyl (C=O) groups is 2. The van der Waals surface area contributed by atoms with E-state index in [0.29, 0.717) is 12.0 Å². The quantitative estimate of drug-likeness (QED) is 0.466. The number of halogens is 1. The topological polar surface area (TPSA) is 126 Å². The number of nitrogens with zero attached hydrogens (tertiary/aromatic N) is 2. The van der Waals surface area contributed by atoms with E-state index >= 15 is 0 Å². The van der Waals surface area contributed by atoms with Gasteiger partial charge in [0, 0.05) is 11.6 Å². The lowest BCUT2D eigenvalue weighted by Gasteiger charge is -2.26. The second kappa shape index (κ2) is 10.0. The number of pyridine rings is 1. The summed E-state index contributed by atoms with van der Waals surface area (Å²) in [4.78, 5) is 59.0. The van der Waals surface area contributed by atoms with Crippen LogP contribution in [-0.4, -0.2) is 32.4 Å². The molecule has 188 valence electrons. The Morgan fingerprint density at radius 2 is 1.86 bits per heavy atom. The molecule has 2 fully saturated rings. The summed E-state index contributed by atoms with van der Waals surface area (Å²) in [5, 5.41) is 5.72. The molecule has 2 aromatic heterocycles. The lowest BCUT2D eigenvalue weighted by Crippen LogP contribution is -2.43. The number of fused-ring (bicyclic) bond motifs is 1. The third-order valence-corrected chi connectivity index (χ3v) is 6.98. The maximum Gasteiger partial charge on any atom is 0.329 e. The van der Waals surface area contributed by atoms with Crippen molar-refractivity contribution >= 4 is 28.5 Å². The van der Waals surface area contributed by atoms with Crippen LogP contribution in [0.4, 0.5) is 10.2 Å². The molecule has 2 aliphatic carbocycles. The van der Waals surface area contributed by atoms with Crippen LogP contribution in [0.1, 0.15) is 67.8 Å². The first kappa shape index (κ1) is 23.9. The molecule has 10 heteroatoms. The highest BCUT2D eigenvalue weighted by atomic mass is 19.1. The zero-order valence-electron chi connectivity index (χ0n) is 19.8. The van der Waals surface area contributed by atoms with Crippen LogP contribution in [0.15, 0.2) is 46.1 Å². The number of hydrogen-bond acceptors (Lipinski definition) is 5. The molecule has 0 spiro atoms. The van der Waals surface area contributed by atoms with Crippen molar-refractivity contribution in [3.63, 3.8) is 0 Å². The Hall–Kier alpha value is -3.82. The second-order valence-electron chi connectivity index (χ2n) is 9.72. The molecule has 1 atom stereocenters. The summed E-state index contributed by atoms with van der Waals surface area (Å²) in [6, 6.07) is 6.13. The molecule has 0 aliphatic heterocycles. The molecule has 1 aromatic carbocycles. The zero-order valence-corrected chi connectivity index (χ0v) is 19.8. The minimum atomic E-state index is -1.07. The molecule has 1 unspecified atom stereocenters. The van der Waals surface area contributed by atoms with E-state index in [-0.39, 0.29) is 34.6 Å². The van der Waals surface area contributed by atoms with Gasteiger partial charge in [-0.3, -0.25) is 14.4 Å². The van der Waals surface area contributed by atoms with Gasteiger partial charge in [-0.25, -0.2) is 18.7 Å². The molecule has 2 aliphatic rings. The SMILES string of the molecule is O=C(NC1CC1)c1ccc2c(=O)n(C(CC3CCCCC3)C(=O)Nc3ccc(F)cn3)c(=O)[nH]c2c1. The first-order valence-corrected chi connectivity index (χ1v) is 12.4. The van der Waals surface area contributed by atoms with Gasteiger partial charge in [-0.2, -0.15) is 0 Å². The highest BCUT2D eigenvalue weighted by Gasteiger charge is 2.30. The van der Waals surface area contributed by atoms with E-state index in [1.807, 2.05) is 0 Å². The van der Waals surface area contributed by atoms with Gasteiger partial charge in [-0.15, -0.1) is 0 Å². The largest absolute Gasteiger partial charge is 0.349 e. The first-order valence-electron chi connectivity index (χ1n) is 12.4. The fourth-order valence-corrected chi connectivity index (χ4v) is 4.88. The van der Waals surface area contributed by atoms with Crippen LogP contribution >= 0.6 is 0 Å². The molecular weight excluding hydrogens is 465 g/mol. The molecule has 9 nitrogen and oxygen atoms in total. The number of anilines is 1. The Morgan fingerprint density at radius 1 is 1.08 bits per heavy atom. The molecule has 3 N–H and O–H groups in total. The second-order valence-corrected chi connectivity index (χ2v) is 9.72. The molecular formula is C26H28FN5O4. The highest BCUT2D eigenvalue weighted by molar-refractivity contribution is 5.98. The smallest absolute Gasteiger partial charge is 0.329 e. The van der Waals surface area contributed by atoms with Gasteiger partial charge < -0.3 is 15.6 Å². The molecule has 0 saturated heterocycles. The van der Waals surface area contributed by atoms with E-state index in [9.17, 15) is 23.6 Å². The lowest BCUT2D eigenvalue weighted by molar-refractivity contribution is -0.120. The minimum Gasteiger partial charge on any atom is -0.349 e. The molecule has 5 rings (SSSR count). The number of aromatic nitrogens is 3. The van der Waals surface area contributed by atoms with Gasteiger partial charge in [0.2, 0.25) is 5.91 Å². The van der Waals surface area contributed by atoms with E-state index < -0.39 is 29.0 Å². The number of rotatable bonds is 7. The number of carbonyl (C=O) groups excluding carboxylic acids is 2. The number of hydrogen-bond donors (Lipinski definition) is 3. The number of nitrogens with one attached hydrogen (secondary N) is 3. The maximum absolute atomic E-state index is 13.5. The summed E-state index contributed by atoms with van der Waals surface area (Å²) in [6.45, 7) is 0. The Kier molecular flexibility index (Phi) is 6.67. The Labute approximate surface area is 206 Å². The number of H-pyrrole nitrogens is 1. The first-order chi connectivity index (χ1) is 17.4. The van der Waals surface area contributed by atoms with Gasteiger partial charge in [0.05, 0.1) is 17.1 Å². The van der Waals surface area contributed by atoms with Crippen molar-refractivity contribution in [2.24, 2.45) is 5.92 Å². The van der Waals surface area contributed by atoms with Crippen LogP contribution in [-0.2, 0) is 4.79 Å². The molecule has 0 bridgehead atoms. The van der Waals surface area contributed by atoms with E-state index in [1.165, 1.54) is 24.3 Å². The molecule has 2 saturated carbocycles. The van der Waals surface area contributed by atoms with E-state index in [1.54, 1.807) is 6.07 Å². The van der Waals surface area contributed by atoms with E-state index in [2.05, 4.69) is 20.6 Å². The van der Waals surface area contributed by atoms with Crippen molar-refractivity contribution in [3.8, 4) is 0 Å². The number of benzene rings is 1. The third kappa shape index (κ3) is 5.22. The summed E-state index contributed by atoms with van der Waals surface area (Å²) in [5.74, 6) is -1.05. The van der Waals surface area contributed by atoms with Crippen LogP contribution in [0.5, 0.6) is 0 Å². The zero-order chi connectivity index (χ0) is 25.2. The van der Waals surface area contributed by atoms with Gasteiger partial charge in [0.1, 0.15) is 17.7 Å². The van der Waals surface area contributed by atoms with Crippen LogP contribution < -0.4 is 21.9 Å². The van der Waals surface area contributed by atoms with Crippen LogP contribution in [0, 0.1) is 11.7 Å². The fraction of sp³-hybridized carbons (Fsp3) is 0.423. The number of aromatic amines is 1. The van der Waals surface area contributed by atoms with Crippen molar-refractivity contribution in [1.82, 2.24) is 19.9 Å². The maximum atomic E-state index is 13.5. The van der Waals surface area contributed by atoms with Gasteiger partial charge in [0.25, 0.3) is 11.5 Å². The average molecular weight is 494 g/mol. The molecule has 36 heavy (non-hydrogen) atoms. The minimum absolute atomic E-state index is 0.131. The third-order valence-electron chi connectivity index (χ3n) is 6.98. The van der Waals surface area contributed by atoms with Crippen LogP contribution in [0.3, 0.4) is 0 Å². The van der Waals surface area contributed by atoms with E-state index in [0.717, 1.165) is 55.7 Å². The van der Waals surface area contributed by atoms with Gasteiger partial charge >= 0.3 is 5.69 Å². The highest BCUT2D eigenvalue weighted by Crippen LogP contribution is 2.31. The van der Waals surface area contributed by atoms with Crippen LogP contribution in [0.2, 0.25) is 0 Å². The van der Waals surface area contributed by atoms with Gasteiger partial charge in [-0.1, -0.05) is 32.1 Å². The van der Waals surface area contributed by atoms with Gasteiger partial charge in [0.15, 0.2) is 0 Å². The average Bonchev–Trinajstić information content (AvgIpc) is 3.69. The van der Waals surface area contributed by atoms with Crippen molar-refractivity contribution in [2.75, 3.05) is 5.32 Å². The normalized spacial score (nSPS) is 17.0. The number of amides is 2. The predicted molar refractivity (Wildman–Crippen MR) is 132 cm³/mol. The summed E-state index contributed by atoms with van der Waals surface area (Å²) in [7, 11) is 0. The van der Waals surface area contributed by atoms with Crippen molar-refractivity contribution in [3.05, 3.63) is 68.7 Å². The van der Waals surface area contributed by atoms with Gasteiger partial charge in [-0.05, 0) is 55.5 Å². The molecule has 2 amide bonds. The molecule has 3 aromatic rings. The summed E-state index contributed by atoms with van der Waals surface area (Å²) in [6.07, 6.45) is 8.22. The van der Waals surface area contributed by atoms with Crippen molar-refractivity contribution in [2.45, 2.75) is 63.5 Å². The monoisotopic (exact) mass is 493 g/mol. The molecule has 2 heterocycles. The summed E-state index contributed by atoms with van der Waals surface area (Å²) >= 11 is 0. The van der Waals surface area contributed by atoms with Crippen LogP contribution in [0.25, 0.3) is 10.9 Å². The Morgan fingerprint density at radius 3 is 2.56 bits per heavy atom.